The van der Waals surface area contributed by atoms with Crippen molar-refractivity contribution in [2.24, 2.45) is 0 Å². The predicted molar refractivity (Wildman–Crippen MR) is 105 cm³/mol. The van der Waals surface area contributed by atoms with Crippen LogP contribution in [0.25, 0.3) is 0 Å². The molecule has 1 atom stereocenters. The molecule has 0 saturated heterocycles. The first-order chi connectivity index (χ1) is 12.4. The van der Waals surface area contributed by atoms with Crippen LogP contribution in [0.4, 0.5) is 10.5 Å². The lowest BCUT2D eigenvalue weighted by molar-refractivity contribution is 0.243. The minimum absolute atomic E-state index is 0.103. The maximum Gasteiger partial charge on any atom is 0.319 e. The van der Waals surface area contributed by atoms with E-state index in [9.17, 15) is 4.79 Å². The van der Waals surface area contributed by atoms with Crippen LogP contribution >= 0.6 is 0 Å². The van der Waals surface area contributed by atoms with Crippen molar-refractivity contribution < 1.29 is 9.53 Å². The average molecular weight is 353 g/mol. The molecule has 0 spiro atoms. The number of urea groups is 1. The average Bonchev–Trinajstić information content (AvgIpc) is 3.06. The highest BCUT2D eigenvalue weighted by atomic mass is 16.5. The van der Waals surface area contributed by atoms with Crippen LogP contribution in [0.1, 0.15) is 28.3 Å². The van der Waals surface area contributed by atoms with Gasteiger partial charge in [-0.15, -0.1) is 0 Å². The van der Waals surface area contributed by atoms with Crippen LogP contribution < -0.4 is 15.4 Å². The molecule has 1 aliphatic rings. The third-order valence-corrected chi connectivity index (χ3v) is 4.94. The molecule has 1 heterocycles. The van der Waals surface area contributed by atoms with Gasteiger partial charge in [0, 0.05) is 18.7 Å². The van der Waals surface area contributed by atoms with E-state index in [2.05, 4.69) is 34.6 Å². The molecule has 2 aromatic rings. The van der Waals surface area contributed by atoms with Crippen molar-refractivity contribution in [2.75, 3.05) is 32.6 Å². The van der Waals surface area contributed by atoms with E-state index in [4.69, 9.17) is 4.74 Å². The van der Waals surface area contributed by atoms with Gasteiger partial charge < -0.3 is 20.3 Å². The van der Waals surface area contributed by atoms with E-state index >= 15 is 0 Å². The Bertz CT molecular complexity index is 802. The van der Waals surface area contributed by atoms with Gasteiger partial charge in [-0.1, -0.05) is 18.2 Å². The number of nitrogens with zero attached hydrogens (tertiary/aromatic N) is 1. The van der Waals surface area contributed by atoms with E-state index in [1.165, 1.54) is 16.7 Å². The molecule has 1 aliphatic heterocycles. The quantitative estimate of drug-likeness (QED) is 0.862. The van der Waals surface area contributed by atoms with E-state index in [-0.39, 0.29) is 12.1 Å². The molecule has 0 aliphatic carbocycles. The van der Waals surface area contributed by atoms with Gasteiger partial charge in [-0.2, -0.15) is 0 Å². The molecule has 2 N–H and O–H groups in total. The highest BCUT2D eigenvalue weighted by Crippen LogP contribution is 2.29. The van der Waals surface area contributed by atoms with Crippen LogP contribution in [0.2, 0.25) is 0 Å². The summed E-state index contributed by atoms with van der Waals surface area (Å²) in [5, 5.41) is 5.90. The maximum absolute atomic E-state index is 12.3. The fourth-order valence-corrected chi connectivity index (χ4v) is 3.20. The minimum atomic E-state index is -0.190. The lowest BCUT2D eigenvalue weighted by atomic mass is 10.0. The highest BCUT2D eigenvalue weighted by Gasteiger charge is 2.19. The van der Waals surface area contributed by atoms with E-state index < -0.39 is 0 Å². The van der Waals surface area contributed by atoms with Crippen molar-refractivity contribution >= 4 is 11.7 Å². The van der Waals surface area contributed by atoms with E-state index in [0.717, 1.165) is 30.0 Å². The van der Waals surface area contributed by atoms with Crippen LogP contribution in [-0.2, 0) is 6.42 Å². The second-order valence-electron chi connectivity index (χ2n) is 7.08. The first-order valence-corrected chi connectivity index (χ1v) is 8.98. The lowest BCUT2D eigenvalue weighted by Gasteiger charge is -2.25. The Kier molecular flexibility index (Phi) is 5.47. The zero-order valence-corrected chi connectivity index (χ0v) is 15.9. The van der Waals surface area contributed by atoms with Gasteiger partial charge in [0.05, 0.1) is 12.6 Å². The SMILES string of the molecule is Cc1ccc(NC(=O)NCC(c2ccc3c(c2)CCO3)N(C)C)cc1C. The monoisotopic (exact) mass is 353 g/mol. The van der Waals surface area contributed by atoms with Gasteiger partial charge in [-0.05, 0) is 68.4 Å². The number of amides is 2. The van der Waals surface area contributed by atoms with Gasteiger partial charge in [-0.3, -0.25) is 0 Å². The number of fused-ring (bicyclic) bond motifs is 1. The van der Waals surface area contributed by atoms with Crippen molar-refractivity contribution in [2.45, 2.75) is 26.3 Å². The smallest absolute Gasteiger partial charge is 0.319 e. The molecule has 5 nitrogen and oxygen atoms in total. The second kappa shape index (κ2) is 7.79. The summed E-state index contributed by atoms with van der Waals surface area (Å²) in [5.41, 5.74) is 5.61. The van der Waals surface area contributed by atoms with Gasteiger partial charge in [0.15, 0.2) is 0 Å². The molecule has 0 saturated carbocycles. The molecule has 0 bridgehead atoms. The molecule has 5 heteroatoms. The molecule has 3 rings (SSSR count). The Morgan fingerprint density at radius 2 is 1.96 bits per heavy atom. The fourth-order valence-electron chi connectivity index (χ4n) is 3.20. The summed E-state index contributed by atoms with van der Waals surface area (Å²) < 4.78 is 5.58. The van der Waals surface area contributed by atoms with Crippen LogP contribution in [-0.4, -0.2) is 38.2 Å². The molecule has 0 fully saturated rings. The number of hydrogen-bond donors (Lipinski definition) is 2. The van der Waals surface area contributed by atoms with Crippen molar-refractivity contribution in [3.63, 3.8) is 0 Å². The summed E-state index contributed by atoms with van der Waals surface area (Å²) in [5.74, 6) is 0.978. The fraction of sp³-hybridized carbons (Fsp3) is 0.381. The molecule has 1 unspecified atom stereocenters. The number of carbonyl (C=O) groups excluding carboxylic acids is 1. The first kappa shape index (κ1) is 18.3. The number of aryl methyl sites for hydroxylation is 2. The Morgan fingerprint density at radius 1 is 1.15 bits per heavy atom. The summed E-state index contributed by atoms with van der Waals surface area (Å²) in [7, 11) is 4.05. The molecule has 26 heavy (non-hydrogen) atoms. The van der Waals surface area contributed by atoms with Gasteiger partial charge >= 0.3 is 6.03 Å². The lowest BCUT2D eigenvalue weighted by Crippen LogP contribution is -2.36. The van der Waals surface area contributed by atoms with Crippen LogP contribution in [0, 0.1) is 13.8 Å². The number of likely N-dealkylation sites (N-methyl/N-ethyl adjacent to an activating group) is 1. The first-order valence-electron chi connectivity index (χ1n) is 8.98. The summed E-state index contributed by atoms with van der Waals surface area (Å²) in [6.45, 7) is 5.38. The van der Waals surface area contributed by atoms with Gasteiger partial charge in [0.2, 0.25) is 0 Å². The van der Waals surface area contributed by atoms with Crippen molar-refractivity contribution in [1.29, 1.82) is 0 Å². The number of benzene rings is 2. The second-order valence-corrected chi connectivity index (χ2v) is 7.08. The van der Waals surface area contributed by atoms with Crippen LogP contribution in [0.15, 0.2) is 36.4 Å². The minimum Gasteiger partial charge on any atom is -0.493 e. The zero-order valence-electron chi connectivity index (χ0n) is 15.9. The van der Waals surface area contributed by atoms with Gasteiger partial charge in [0.1, 0.15) is 5.75 Å². The molecular formula is C21H27N3O2. The Labute approximate surface area is 155 Å². The molecule has 2 amide bonds. The maximum atomic E-state index is 12.3. The number of hydrogen-bond acceptors (Lipinski definition) is 3. The van der Waals surface area contributed by atoms with E-state index in [1.54, 1.807) is 0 Å². The molecule has 138 valence electrons. The third kappa shape index (κ3) is 4.17. The summed E-state index contributed by atoms with van der Waals surface area (Å²) in [4.78, 5) is 14.4. The third-order valence-electron chi connectivity index (χ3n) is 4.94. The summed E-state index contributed by atoms with van der Waals surface area (Å²) >= 11 is 0. The summed E-state index contributed by atoms with van der Waals surface area (Å²) in [6, 6.07) is 12.1. The Hall–Kier alpha value is -2.53. The molecule has 0 radical (unpaired) electrons. The topological polar surface area (TPSA) is 53.6 Å². The number of rotatable bonds is 5. The van der Waals surface area contributed by atoms with E-state index in [1.807, 2.05) is 45.3 Å². The zero-order chi connectivity index (χ0) is 18.7. The summed E-state index contributed by atoms with van der Waals surface area (Å²) in [6.07, 6.45) is 0.948. The predicted octanol–water partition coefficient (Wildman–Crippen LogP) is 3.66. The molecular weight excluding hydrogens is 326 g/mol. The number of ether oxygens (including phenoxy) is 1. The Balaban J connectivity index is 1.63. The number of carbonyl (C=O) groups is 1. The van der Waals surface area contributed by atoms with Crippen molar-refractivity contribution in [3.8, 4) is 5.75 Å². The van der Waals surface area contributed by atoms with E-state index in [0.29, 0.717) is 6.54 Å². The Morgan fingerprint density at radius 3 is 2.69 bits per heavy atom. The number of nitrogens with one attached hydrogen (secondary N) is 2. The number of anilines is 1. The molecule has 0 aromatic heterocycles. The van der Waals surface area contributed by atoms with Crippen LogP contribution in [0.5, 0.6) is 5.75 Å². The van der Waals surface area contributed by atoms with Gasteiger partial charge in [0.25, 0.3) is 0 Å². The standard InChI is InChI=1S/C21H27N3O2/c1-14-5-7-18(11-15(14)2)23-21(25)22-13-19(24(3)4)16-6-8-20-17(12-16)9-10-26-20/h5-8,11-12,19H,9-10,13H2,1-4H3,(H2,22,23,25). The molecule has 2 aromatic carbocycles. The van der Waals surface area contributed by atoms with Crippen molar-refractivity contribution in [3.05, 3.63) is 58.7 Å². The largest absolute Gasteiger partial charge is 0.493 e. The highest BCUT2D eigenvalue weighted by molar-refractivity contribution is 5.89. The van der Waals surface area contributed by atoms with Crippen molar-refractivity contribution in [1.82, 2.24) is 10.2 Å². The van der Waals surface area contributed by atoms with Crippen LogP contribution in [0.3, 0.4) is 0 Å². The normalized spacial score (nSPS) is 13.9. The van der Waals surface area contributed by atoms with Gasteiger partial charge in [-0.25, -0.2) is 4.79 Å².